The Morgan fingerprint density at radius 1 is 1.21 bits per heavy atom. The lowest BCUT2D eigenvalue weighted by Gasteiger charge is -2.18. The highest BCUT2D eigenvalue weighted by molar-refractivity contribution is 7.16. The number of fused-ring (bicyclic) bond motifs is 2. The number of nitrogens with zero attached hydrogens (tertiary/aromatic N) is 2. The number of ether oxygens (including phenoxy) is 2. The van der Waals surface area contributed by atoms with Gasteiger partial charge in [0.15, 0.2) is 16.3 Å². The SMILES string of the molecule is C=CCn1c(=NC(=O)Cc2ccc(C)cc2C)sc2cc3c(cc21)OCCO3. The number of benzene rings is 2. The third-order valence-electron chi connectivity index (χ3n) is 4.72. The first-order valence-electron chi connectivity index (χ1n) is 9.22. The minimum Gasteiger partial charge on any atom is -0.486 e. The van der Waals surface area contributed by atoms with E-state index in [4.69, 9.17) is 9.47 Å². The summed E-state index contributed by atoms with van der Waals surface area (Å²) in [7, 11) is 0. The highest BCUT2D eigenvalue weighted by atomic mass is 32.1. The van der Waals surface area contributed by atoms with Gasteiger partial charge < -0.3 is 14.0 Å². The van der Waals surface area contributed by atoms with Gasteiger partial charge in [-0.2, -0.15) is 4.99 Å². The zero-order valence-electron chi connectivity index (χ0n) is 16.0. The van der Waals surface area contributed by atoms with Crippen LogP contribution in [0, 0.1) is 13.8 Å². The van der Waals surface area contributed by atoms with E-state index in [0.717, 1.165) is 32.8 Å². The summed E-state index contributed by atoms with van der Waals surface area (Å²) in [5.41, 5.74) is 4.27. The van der Waals surface area contributed by atoms with Crippen LogP contribution in [0.15, 0.2) is 48.0 Å². The number of allylic oxidation sites excluding steroid dienone is 1. The number of carbonyl (C=O) groups excluding carboxylic acids is 1. The number of hydrogen-bond acceptors (Lipinski definition) is 4. The van der Waals surface area contributed by atoms with Gasteiger partial charge in [-0.05, 0) is 25.0 Å². The molecule has 0 aliphatic carbocycles. The molecule has 0 saturated heterocycles. The van der Waals surface area contributed by atoms with E-state index in [1.54, 1.807) is 6.08 Å². The first-order valence-corrected chi connectivity index (χ1v) is 10.0. The molecule has 0 radical (unpaired) electrons. The molecule has 1 amide bonds. The molecule has 5 nitrogen and oxygen atoms in total. The van der Waals surface area contributed by atoms with Gasteiger partial charge >= 0.3 is 0 Å². The molecular formula is C22H22N2O3S. The average molecular weight is 394 g/mol. The van der Waals surface area contributed by atoms with Crippen molar-refractivity contribution in [1.29, 1.82) is 0 Å². The van der Waals surface area contributed by atoms with Crippen molar-refractivity contribution in [3.05, 3.63) is 64.5 Å². The molecule has 0 saturated carbocycles. The third-order valence-corrected chi connectivity index (χ3v) is 5.76. The van der Waals surface area contributed by atoms with Gasteiger partial charge in [-0.1, -0.05) is 41.2 Å². The Kier molecular flexibility index (Phi) is 5.05. The van der Waals surface area contributed by atoms with Crippen LogP contribution in [0.4, 0.5) is 0 Å². The number of carbonyl (C=O) groups is 1. The Morgan fingerprint density at radius 2 is 1.96 bits per heavy atom. The molecule has 3 aromatic rings. The monoisotopic (exact) mass is 394 g/mol. The normalized spacial score (nSPS) is 13.7. The predicted octanol–water partition coefficient (Wildman–Crippen LogP) is 3.95. The molecule has 1 aliphatic rings. The fraction of sp³-hybridized carbons (Fsp3) is 0.273. The minimum absolute atomic E-state index is 0.159. The van der Waals surface area contributed by atoms with Gasteiger partial charge in [-0.15, -0.1) is 6.58 Å². The van der Waals surface area contributed by atoms with Gasteiger partial charge in [0.05, 0.1) is 16.6 Å². The topological polar surface area (TPSA) is 52.8 Å². The van der Waals surface area contributed by atoms with Crippen LogP contribution in [0.25, 0.3) is 10.2 Å². The summed E-state index contributed by atoms with van der Waals surface area (Å²) in [5.74, 6) is 1.30. The van der Waals surface area contributed by atoms with Crippen molar-refractivity contribution in [2.45, 2.75) is 26.8 Å². The van der Waals surface area contributed by atoms with E-state index in [9.17, 15) is 4.79 Å². The van der Waals surface area contributed by atoms with Crippen LogP contribution in [0.2, 0.25) is 0 Å². The number of aromatic nitrogens is 1. The van der Waals surface area contributed by atoms with E-state index in [-0.39, 0.29) is 12.3 Å². The molecule has 2 aromatic carbocycles. The predicted molar refractivity (Wildman–Crippen MR) is 111 cm³/mol. The molecule has 4 rings (SSSR count). The van der Waals surface area contributed by atoms with Crippen molar-refractivity contribution >= 4 is 27.5 Å². The standard InChI is InChI=1S/C22H22N2O3S/c1-4-7-24-17-12-18-19(27-9-8-26-18)13-20(17)28-22(24)23-21(25)11-16-6-5-14(2)10-15(16)3/h4-6,10,12-13H,1,7-9,11H2,2-3H3. The van der Waals surface area contributed by atoms with E-state index in [1.807, 2.05) is 42.7 Å². The molecule has 2 heterocycles. The zero-order valence-corrected chi connectivity index (χ0v) is 16.8. The molecular weight excluding hydrogens is 372 g/mol. The quantitative estimate of drug-likeness (QED) is 0.630. The number of aryl methyl sites for hydroxylation is 2. The lowest BCUT2D eigenvalue weighted by molar-refractivity contribution is -0.117. The van der Waals surface area contributed by atoms with Crippen molar-refractivity contribution in [3.63, 3.8) is 0 Å². The van der Waals surface area contributed by atoms with E-state index < -0.39 is 0 Å². The number of rotatable bonds is 4. The molecule has 1 aromatic heterocycles. The molecule has 0 N–H and O–H groups in total. The summed E-state index contributed by atoms with van der Waals surface area (Å²) >= 11 is 1.47. The van der Waals surface area contributed by atoms with Crippen LogP contribution in [-0.4, -0.2) is 23.7 Å². The second-order valence-electron chi connectivity index (χ2n) is 6.86. The second kappa shape index (κ2) is 7.64. The molecule has 0 fully saturated rings. The molecule has 1 aliphatic heterocycles. The first kappa shape index (κ1) is 18.5. The fourth-order valence-corrected chi connectivity index (χ4v) is 4.42. The minimum atomic E-state index is -0.159. The molecule has 0 atom stereocenters. The Labute approximate surface area is 167 Å². The summed E-state index contributed by atoms with van der Waals surface area (Å²) in [6, 6.07) is 10.0. The summed E-state index contributed by atoms with van der Waals surface area (Å²) in [5, 5.41) is 0. The average Bonchev–Trinajstić information content (AvgIpc) is 2.98. The number of hydrogen-bond donors (Lipinski definition) is 0. The van der Waals surface area contributed by atoms with Crippen molar-refractivity contribution < 1.29 is 14.3 Å². The number of thiazole rings is 1. The van der Waals surface area contributed by atoms with Crippen molar-refractivity contribution in [3.8, 4) is 11.5 Å². The van der Waals surface area contributed by atoms with Gasteiger partial charge in [-0.3, -0.25) is 4.79 Å². The fourth-order valence-electron chi connectivity index (χ4n) is 3.35. The summed E-state index contributed by atoms with van der Waals surface area (Å²) in [6.45, 7) is 9.56. The van der Waals surface area contributed by atoms with Gasteiger partial charge in [0.1, 0.15) is 13.2 Å². The third kappa shape index (κ3) is 3.60. The van der Waals surface area contributed by atoms with Crippen LogP contribution >= 0.6 is 11.3 Å². The molecule has 0 spiro atoms. The Bertz CT molecular complexity index is 1140. The smallest absolute Gasteiger partial charge is 0.252 e. The maximum Gasteiger partial charge on any atom is 0.252 e. The van der Waals surface area contributed by atoms with Crippen LogP contribution in [0.1, 0.15) is 16.7 Å². The maximum absolute atomic E-state index is 12.7. The van der Waals surface area contributed by atoms with E-state index in [0.29, 0.717) is 24.6 Å². The summed E-state index contributed by atoms with van der Waals surface area (Å²) in [6.07, 6.45) is 2.09. The van der Waals surface area contributed by atoms with Gasteiger partial charge in [0.25, 0.3) is 5.91 Å². The summed E-state index contributed by atoms with van der Waals surface area (Å²) in [4.78, 5) is 17.7. The second-order valence-corrected chi connectivity index (χ2v) is 7.87. The van der Waals surface area contributed by atoms with Crippen molar-refractivity contribution in [1.82, 2.24) is 4.57 Å². The lowest BCUT2D eigenvalue weighted by Crippen LogP contribution is -2.17. The Balaban J connectivity index is 1.74. The molecule has 0 bridgehead atoms. The Hall–Kier alpha value is -2.86. The highest BCUT2D eigenvalue weighted by Crippen LogP contribution is 2.35. The number of amides is 1. The summed E-state index contributed by atoms with van der Waals surface area (Å²) < 4.78 is 14.4. The Morgan fingerprint density at radius 3 is 2.68 bits per heavy atom. The van der Waals surface area contributed by atoms with Gasteiger partial charge in [-0.25, -0.2) is 0 Å². The van der Waals surface area contributed by atoms with Gasteiger partial charge in [0.2, 0.25) is 0 Å². The van der Waals surface area contributed by atoms with Crippen molar-refractivity contribution in [2.75, 3.05) is 13.2 Å². The van der Waals surface area contributed by atoms with E-state index in [1.165, 1.54) is 16.9 Å². The molecule has 144 valence electrons. The molecule has 0 unspecified atom stereocenters. The van der Waals surface area contributed by atoms with Crippen LogP contribution in [0.3, 0.4) is 0 Å². The van der Waals surface area contributed by atoms with E-state index >= 15 is 0 Å². The molecule has 6 heteroatoms. The zero-order chi connectivity index (χ0) is 19.7. The molecule has 28 heavy (non-hydrogen) atoms. The van der Waals surface area contributed by atoms with Crippen LogP contribution in [0.5, 0.6) is 11.5 Å². The van der Waals surface area contributed by atoms with Crippen LogP contribution < -0.4 is 14.3 Å². The first-order chi connectivity index (χ1) is 13.5. The highest BCUT2D eigenvalue weighted by Gasteiger charge is 2.16. The maximum atomic E-state index is 12.7. The lowest BCUT2D eigenvalue weighted by atomic mass is 10.0. The van der Waals surface area contributed by atoms with Gasteiger partial charge in [0, 0.05) is 18.7 Å². The largest absolute Gasteiger partial charge is 0.486 e. The van der Waals surface area contributed by atoms with Crippen molar-refractivity contribution in [2.24, 2.45) is 4.99 Å². The van der Waals surface area contributed by atoms with E-state index in [2.05, 4.69) is 17.6 Å². The van der Waals surface area contributed by atoms with Crippen LogP contribution in [-0.2, 0) is 17.8 Å².